The first-order valence-corrected chi connectivity index (χ1v) is 18.6. The second-order valence-corrected chi connectivity index (χ2v) is 26.0. The molecule has 0 heterocycles. The second-order valence-electron chi connectivity index (χ2n) is 7.90. The Kier molecular flexibility index (Phi) is 6.35. The van der Waals surface area contributed by atoms with Crippen LogP contribution in [-0.4, -0.2) is 30.8 Å². The summed E-state index contributed by atoms with van der Waals surface area (Å²) in [6, 6.07) is 10.3. The van der Waals surface area contributed by atoms with Gasteiger partial charge in [-0.15, -0.1) is 0 Å². The molecule has 0 aliphatic carbocycles. The van der Waals surface area contributed by atoms with E-state index in [0.29, 0.717) is 0 Å². The van der Waals surface area contributed by atoms with E-state index in [1.807, 2.05) is 6.07 Å². The molecule has 0 fully saturated rings. The molecule has 1 aromatic carbocycles. The molecule has 0 N–H and O–H groups in total. The topological polar surface area (TPSA) is 9.23 Å². The first kappa shape index (κ1) is 17.8. The van der Waals surface area contributed by atoms with Crippen LogP contribution in [0.4, 0.5) is 0 Å². The molecule has 0 saturated heterocycles. The van der Waals surface area contributed by atoms with Gasteiger partial charge in [0.05, 0.1) is 0 Å². The number of hydrogen-bond donors (Lipinski definition) is 0. The molecule has 1 rings (SSSR count). The quantitative estimate of drug-likeness (QED) is 0.463. The van der Waals surface area contributed by atoms with Crippen molar-refractivity contribution in [3.8, 4) is 0 Å². The van der Waals surface area contributed by atoms with Crippen molar-refractivity contribution in [1.29, 1.82) is 0 Å². The fraction of sp³-hybridized carbons (Fsp3) is 0.500. The van der Waals surface area contributed by atoms with E-state index in [0.717, 1.165) is 11.3 Å². The molecular weight excluding hydrogens is 337 g/mol. The Bertz CT molecular complexity index is 416. The predicted molar refractivity (Wildman–Crippen MR) is 98.6 cm³/mol. The summed E-state index contributed by atoms with van der Waals surface area (Å²) in [5.74, 6) is 0.900. The van der Waals surface area contributed by atoms with Gasteiger partial charge in [-0.25, -0.2) is 0 Å². The van der Waals surface area contributed by atoms with Gasteiger partial charge >= 0.3 is 132 Å². The molecule has 0 atom stereocenters. The molecule has 0 spiro atoms. The van der Waals surface area contributed by atoms with Gasteiger partial charge in [-0.3, -0.25) is 0 Å². The van der Waals surface area contributed by atoms with Crippen LogP contribution in [0.15, 0.2) is 36.9 Å². The van der Waals surface area contributed by atoms with E-state index in [4.69, 9.17) is 3.76 Å². The van der Waals surface area contributed by atoms with Crippen LogP contribution in [0.2, 0.25) is 49.0 Å². The SMILES string of the molecule is C=C([O][Ge]([CH2][Si](C)(C)C)[CH2][Si](C)(C)C)c1ccccc1. The van der Waals surface area contributed by atoms with E-state index < -0.39 is 30.8 Å². The molecule has 1 nitrogen and oxygen atoms in total. The van der Waals surface area contributed by atoms with Gasteiger partial charge in [0, 0.05) is 0 Å². The predicted octanol–water partition coefficient (Wildman–Crippen LogP) is 5.42. The number of benzene rings is 1. The first-order valence-electron chi connectivity index (χ1n) is 7.34. The molecule has 20 heavy (non-hydrogen) atoms. The minimum absolute atomic E-state index is 0.900. The molecule has 0 saturated carbocycles. The summed E-state index contributed by atoms with van der Waals surface area (Å²) in [5, 5.41) is 0. The van der Waals surface area contributed by atoms with Crippen LogP contribution in [0.1, 0.15) is 5.56 Å². The van der Waals surface area contributed by atoms with Crippen molar-refractivity contribution >= 4 is 36.6 Å². The van der Waals surface area contributed by atoms with Crippen LogP contribution in [-0.2, 0) is 3.76 Å². The van der Waals surface area contributed by atoms with Crippen molar-refractivity contribution in [2.24, 2.45) is 0 Å². The van der Waals surface area contributed by atoms with E-state index in [2.05, 4.69) is 70.1 Å². The van der Waals surface area contributed by atoms with Crippen LogP contribution >= 0.6 is 0 Å². The van der Waals surface area contributed by atoms with Crippen LogP contribution in [0, 0.1) is 0 Å². The fourth-order valence-corrected chi connectivity index (χ4v) is 24.3. The van der Waals surface area contributed by atoms with Gasteiger partial charge in [0.15, 0.2) is 0 Å². The van der Waals surface area contributed by atoms with Gasteiger partial charge in [-0.05, 0) is 0 Å². The number of rotatable bonds is 7. The van der Waals surface area contributed by atoms with Crippen molar-refractivity contribution in [3.05, 3.63) is 42.5 Å². The Morgan fingerprint density at radius 2 is 1.40 bits per heavy atom. The minimum atomic E-state index is -1.49. The maximum atomic E-state index is 6.43. The molecule has 1 radical (unpaired) electrons. The van der Waals surface area contributed by atoms with Crippen molar-refractivity contribution in [1.82, 2.24) is 0 Å². The van der Waals surface area contributed by atoms with Crippen molar-refractivity contribution < 1.29 is 3.76 Å². The summed E-state index contributed by atoms with van der Waals surface area (Å²) in [5.41, 5.74) is 1.14. The Balaban J connectivity index is 2.76. The Morgan fingerprint density at radius 1 is 0.950 bits per heavy atom. The summed E-state index contributed by atoms with van der Waals surface area (Å²) < 4.78 is 6.43. The zero-order valence-corrected chi connectivity index (χ0v) is 18.0. The average Bonchev–Trinajstić information content (AvgIpc) is 2.25. The van der Waals surface area contributed by atoms with Crippen LogP contribution in [0.5, 0.6) is 0 Å². The molecule has 0 amide bonds. The monoisotopic (exact) mass is 367 g/mol. The van der Waals surface area contributed by atoms with E-state index in [1.165, 1.54) is 9.75 Å². The van der Waals surface area contributed by atoms with Crippen molar-refractivity contribution in [3.63, 3.8) is 0 Å². The molecule has 0 unspecified atom stereocenters. The van der Waals surface area contributed by atoms with Gasteiger partial charge in [-0.2, -0.15) is 0 Å². The zero-order chi connectivity index (χ0) is 15.4. The van der Waals surface area contributed by atoms with Gasteiger partial charge in [0.1, 0.15) is 0 Å². The first-order chi connectivity index (χ1) is 9.07. The van der Waals surface area contributed by atoms with Crippen LogP contribution < -0.4 is 0 Å². The Hall–Kier alpha value is -0.263. The van der Waals surface area contributed by atoms with Crippen LogP contribution in [0.3, 0.4) is 0 Å². The molecule has 4 heteroatoms. The van der Waals surface area contributed by atoms with Gasteiger partial charge in [0.25, 0.3) is 0 Å². The summed E-state index contributed by atoms with van der Waals surface area (Å²) in [4.78, 5) is 2.76. The zero-order valence-electron chi connectivity index (χ0n) is 13.9. The van der Waals surface area contributed by atoms with Gasteiger partial charge < -0.3 is 0 Å². The summed E-state index contributed by atoms with van der Waals surface area (Å²) in [6.07, 6.45) is 0. The Labute approximate surface area is 131 Å². The molecule has 0 bridgehead atoms. The molecular formula is C16H29GeOSi2. The van der Waals surface area contributed by atoms with Gasteiger partial charge in [0.2, 0.25) is 0 Å². The normalized spacial score (nSPS) is 12.6. The van der Waals surface area contributed by atoms with E-state index in [1.54, 1.807) is 0 Å². The summed E-state index contributed by atoms with van der Waals surface area (Å²) in [6.45, 7) is 18.9. The van der Waals surface area contributed by atoms with E-state index in [9.17, 15) is 0 Å². The molecule has 111 valence electrons. The average molecular weight is 366 g/mol. The van der Waals surface area contributed by atoms with E-state index in [-0.39, 0.29) is 0 Å². The third kappa shape index (κ3) is 7.50. The molecule has 1 aromatic rings. The third-order valence-electron chi connectivity index (χ3n) is 2.82. The second kappa shape index (κ2) is 7.14. The molecule has 0 aliphatic rings. The van der Waals surface area contributed by atoms with Crippen molar-refractivity contribution in [2.45, 2.75) is 49.0 Å². The summed E-state index contributed by atoms with van der Waals surface area (Å²) >= 11 is -1.49. The maximum absolute atomic E-state index is 6.43. The van der Waals surface area contributed by atoms with Crippen molar-refractivity contribution in [2.75, 3.05) is 0 Å². The Morgan fingerprint density at radius 3 is 1.80 bits per heavy atom. The van der Waals surface area contributed by atoms with E-state index >= 15 is 0 Å². The third-order valence-corrected chi connectivity index (χ3v) is 25.2. The summed E-state index contributed by atoms with van der Waals surface area (Å²) in [7, 11) is -2.12. The molecule has 0 aromatic heterocycles. The number of hydrogen-bond acceptors (Lipinski definition) is 1. The van der Waals surface area contributed by atoms with Gasteiger partial charge in [-0.1, -0.05) is 0 Å². The van der Waals surface area contributed by atoms with Crippen LogP contribution in [0.25, 0.3) is 5.76 Å². The standard InChI is InChI=1S/C16H29GeOSi2/c1-15(16-11-9-8-10-12-16)18-17(13-19(2,3)4)14-20(5,6)7/h8-12H,1,13-14H2,2-7H3. The molecule has 0 aliphatic heterocycles. The fourth-order valence-electron chi connectivity index (χ4n) is 2.17.